The summed E-state index contributed by atoms with van der Waals surface area (Å²) in [6.45, 7) is 1.86. The van der Waals surface area contributed by atoms with E-state index in [0.29, 0.717) is 23.5 Å². The summed E-state index contributed by atoms with van der Waals surface area (Å²) in [4.78, 5) is 12.6. The van der Waals surface area contributed by atoms with Gasteiger partial charge in [-0.3, -0.25) is 4.21 Å². The number of benzene rings is 1. The lowest BCUT2D eigenvalue weighted by molar-refractivity contribution is -0.141. The number of nitrogens with zero attached hydrogens (tertiary/aromatic N) is 3. The number of anilines is 2. The van der Waals surface area contributed by atoms with E-state index < -0.39 is 28.7 Å². The number of nitrogens with one attached hydrogen (secondary N) is 2. The number of aryl methyl sites for hydroxylation is 1. The van der Waals surface area contributed by atoms with Crippen molar-refractivity contribution in [3.05, 3.63) is 52.9 Å². The first-order valence-corrected chi connectivity index (χ1v) is 11.2. The Morgan fingerprint density at radius 3 is 2.65 bits per heavy atom. The van der Waals surface area contributed by atoms with Crippen LogP contribution < -0.4 is 10.0 Å². The molecule has 1 aliphatic rings. The van der Waals surface area contributed by atoms with Gasteiger partial charge in [-0.15, -0.1) is 11.3 Å². The van der Waals surface area contributed by atoms with Gasteiger partial charge in [-0.1, -0.05) is 6.07 Å². The van der Waals surface area contributed by atoms with Crippen LogP contribution in [0.15, 0.2) is 36.7 Å². The minimum atomic E-state index is -4.56. The van der Waals surface area contributed by atoms with Crippen LogP contribution in [0, 0.1) is 6.92 Å². The van der Waals surface area contributed by atoms with Crippen LogP contribution in [0.3, 0.4) is 0 Å². The lowest BCUT2D eigenvalue weighted by atomic mass is 9.78. The van der Waals surface area contributed by atoms with Gasteiger partial charge < -0.3 is 9.87 Å². The van der Waals surface area contributed by atoms with Crippen molar-refractivity contribution in [2.75, 3.05) is 5.32 Å². The third kappa shape index (κ3) is 4.76. The first kappa shape index (κ1) is 21.8. The molecule has 1 fully saturated rings. The Hall–Kier alpha value is -2.41. The van der Waals surface area contributed by atoms with Gasteiger partial charge in [0, 0.05) is 29.3 Å². The minimum Gasteiger partial charge on any atom is -0.760 e. The lowest BCUT2D eigenvalue weighted by Crippen LogP contribution is -2.48. The molecular formula is C19H17F3N5O2S2-. The van der Waals surface area contributed by atoms with Gasteiger partial charge in [-0.05, 0) is 55.5 Å². The molecule has 0 spiro atoms. The Kier molecular flexibility index (Phi) is 5.81. The van der Waals surface area contributed by atoms with Crippen LogP contribution in [0.5, 0.6) is 0 Å². The second-order valence-corrected chi connectivity index (χ2v) is 8.98. The standard InChI is InChI=1S/C19H18F3N5O2S2/c1-11-7-12(14-10-24-16(30-14)18(4-2-5-18)27-31(28)29)9-13(8-11)25-17-23-6-3-15(26-17)19(20,21)22/h3,6-10,27H,2,4-5H2,1H3,(H,28,29)(H,23,25,26)/p-1. The molecule has 0 bridgehead atoms. The van der Waals surface area contributed by atoms with E-state index in [1.807, 2.05) is 13.0 Å². The quantitative estimate of drug-likeness (QED) is 0.519. The van der Waals surface area contributed by atoms with Crippen LogP contribution in [-0.4, -0.2) is 23.7 Å². The monoisotopic (exact) mass is 468 g/mol. The van der Waals surface area contributed by atoms with Crippen LogP contribution in [0.25, 0.3) is 10.4 Å². The fourth-order valence-electron chi connectivity index (χ4n) is 3.38. The summed E-state index contributed by atoms with van der Waals surface area (Å²) in [6.07, 6.45) is 0.442. The Labute approximate surface area is 182 Å². The van der Waals surface area contributed by atoms with Crippen molar-refractivity contribution in [1.29, 1.82) is 0 Å². The molecule has 4 rings (SSSR count). The SMILES string of the molecule is Cc1cc(Nc2nccc(C(F)(F)F)n2)cc(-c2cnc(C3(NS(=O)[O-])CCC3)s2)c1. The molecule has 164 valence electrons. The minimum absolute atomic E-state index is 0.160. The number of hydrogen-bond acceptors (Lipinski definition) is 7. The van der Waals surface area contributed by atoms with Gasteiger partial charge in [-0.25, -0.2) is 19.7 Å². The van der Waals surface area contributed by atoms with Gasteiger partial charge in [0.05, 0.1) is 10.4 Å². The molecule has 2 N–H and O–H groups in total. The molecule has 1 aliphatic carbocycles. The maximum atomic E-state index is 12.9. The molecule has 7 nitrogen and oxygen atoms in total. The van der Waals surface area contributed by atoms with Gasteiger partial charge in [-0.2, -0.15) is 13.2 Å². The normalized spacial score (nSPS) is 16.5. The number of hydrogen-bond donors (Lipinski definition) is 2. The van der Waals surface area contributed by atoms with E-state index in [2.05, 4.69) is 25.0 Å². The van der Waals surface area contributed by atoms with Crippen molar-refractivity contribution in [3.63, 3.8) is 0 Å². The smallest absolute Gasteiger partial charge is 0.433 e. The number of thiazole rings is 1. The Morgan fingerprint density at radius 2 is 2.00 bits per heavy atom. The van der Waals surface area contributed by atoms with Gasteiger partial charge in [0.1, 0.15) is 10.7 Å². The number of halogens is 3. The molecule has 1 aromatic carbocycles. The van der Waals surface area contributed by atoms with E-state index >= 15 is 0 Å². The number of rotatable bonds is 6. The molecule has 2 aromatic heterocycles. The Bertz CT molecular complexity index is 1130. The lowest BCUT2D eigenvalue weighted by Gasteiger charge is -2.41. The van der Waals surface area contributed by atoms with Crippen LogP contribution >= 0.6 is 11.3 Å². The molecular weight excluding hydrogens is 451 g/mol. The van der Waals surface area contributed by atoms with Crippen molar-refractivity contribution in [3.8, 4) is 10.4 Å². The van der Waals surface area contributed by atoms with Crippen molar-refractivity contribution < 1.29 is 21.9 Å². The zero-order valence-electron chi connectivity index (χ0n) is 16.2. The summed E-state index contributed by atoms with van der Waals surface area (Å²) >= 11 is -1.01. The highest BCUT2D eigenvalue weighted by atomic mass is 32.2. The van der Waals surface area contributed by atoms with Gasteiger partial charge in [0.15, 0.2) is 0 Å². The van der Waals surface area contributed by atoms with E-state index in [1.54, 1.807) is 18.3 Å². The summed E-state index contributed by atoms with van der Waals surface area (Å²) in [5.74, 6) is -0.160. The zero-order valence-corrected chi connectivity index (χ0v) is 17.8. The second-order valence-electron chi connectivity index (χ2n) is 7.28. The molecule has 0 radical (unpaired) electrons. The van der Waals surface area contributed by atoms with Crippen LogP contribution in [-0.2, 0) is 23.0 Å². The molecule has 2 heterocycles. The van der Waals surface area contributed by atoms with Gasteiger partial charge >= 0.3 is 6.18 Å². The van der Waals surface area contributed by atoms with E-state index in [-0.39, 0.29) is 5.95 Å². The third-order valence-corrected chi connectivity index (χ3v) is 6.77. The zero-order chi connectivity index (χ0) is 22.2. The second kappa shape index (κ2) is 8.26. The average molecular weight is 469 g/mol. The fourth-order valence-corrected chi connectivity index (χ4v) is 5.17. The summed E-state index contributed by atoms with van der Waals surface area (Å²) < 4.78 is 63.7. The first-order chi connectivity index (χ1) is 14.6. The molecule has 12 heteroatoms. The fraction of sp³-hybridized carbons (Fsp3) is 0.316. The van der Waals surface area contributed by atoms with Crippen molar-refractivity contribution >= 4 is 34.2 Å². The highest BCUT2D eigenvalue weighted by Gasteiger charge is 2.41. The molecule has 0 saturated heterocycles. The molecule has 1 atom stereocenters. The van der Waals surface area contributed by atoms with E-state index in [4.69, 9.17) is 0 Å². The predicted octanol–water partition coefficient (Wildman–Crippen LogP) is 4.43. The molecule has 1 unspecified atom stereocenters. The first-order valence-electron chi connectivity index (χ1n) is 9.27. The van der Waals surface area contributed by atoms with E-state index in [9.17, 15) is 21.9 Å². The Balaban J connectivity index is 1.61. The van der Waals surface area contributed by atoms with Crippen molar-refractivity contribution in [2.24, 2.45) is 0 Å². The van der Waals surface area contributed by atoms with Gasteiger partial charge in [0.2, 0.25) is 5.95 Å². The number of alkyl halides is 3. The summed E-state index contributed by atoms with van der Waals surface area (Å²) in [7, 11) is 0. The topological polar surface area (TPSA) is 103 Å². The van der Waals surface area contributed by atoms with Gasteiger partial charge in [0.25, 0.3) is 0 Å². The maximum Gasteiger partial charge on any atom is 0.433 e. The molecule has 31 heavy (non-hydrogen) atoms. The molecule has 1 saturated carbocycles. The average Bonchev–Trinajstić information content (AvgIpc) is 3.14. The van der Waals surface area contributed by atoms with Crippen LogP contribution in [0.2, 0.25) is 0 Å². The summed E-state index contributed by atoms with van der Waals surface area (Å²) in [5.41, 5.74) is 0.516. The predicted molar refractivity (Wildman–Crippen MR) is 110 cm³/mol. The summed E-state index contributed by atoms with van der Waals surface area (Å²) in [6, 6.07) is 6.26. The molecule has 0 aliphatic heterocycles. The maximum absolute atomic E-state index is 12.9. The Morgan fingerprint density at radius 1 is 1.23 bits per heavy atom. The van der Waals surface area contributed by atoms with Crippen molar-refractivity contribution in [2.45, 2.75) is 37.9 Å². The van der Waals surface area contributed by atoms with Crippen LogP contribution in [0.4, 0.5) is 24.8 Å². The van der Waals surface area contributed by atoms with E-state index in [1.165, 1.54) is 11.3 Å². The molecule has 3 aromatic rings. The van der Waals surface area contributed by atoms with Crippen molar-refractivity contribution in [1.82, 2.24) is 19.7 Å². The largest absolute Gasteiger partial charge is 0.760 e. The van der Waals surface area contributed by atoms with E-state index in [0.717, 1.165) is 34.7 Å². The number of aromatic nitrogens is 3. The summed E-state index contributed by atoms with van der Waals surface area (Å²) in [5, 5.41) is 3.51. The highest BCUT2D eigenvalue weighted by molar-refractivity contribution is 7.77. The van der Waals surface area contributed by atoms with Crippen LogP contribution in [0.1, 0.15) is 35.5 Å². The highest BCUT2D eigenvalue weighted by Crippen LogP contribution is 2.44. The third-order valence-electron chi connectivity index (χ3n) is 4.96. The molecule has 0 amide bonds.